The molecule has 0 saturated heterocycles. The van der Waals surface area contributed by atoms with E-state index < -0.39 is 11.9 Å². The molecule has 0 fully saturated rings. The zero-order valence-electron chi connectivity index (χ0n) is 14.8. The van der Waals surface area contributed by atoms with Crippen LogP contribution in [0.5, 0.6) is 0 Å². The number of nitrogens with one attached hydrogen (secondary N) is 2. The maximum atomic E-state index is 12.8. The van der Waals surface area contributed by atoms with Crippen LogP contribution in [0.2, 0.25) is 5.02 Å². The highest BCUT2D eigenvalue weighted by atomic mass is 35.5. The van der Waals surface area contributed by atoms with Crippen LogP contribution in [-0.2, 0) is 11.3 Å². The van der Waals surface area contributed by atoms with Gasteiger partial charge in [-0.1, -0.05) is 37.2 Å². The van der Waals surface area contributed by atoms with E-state index in [4.69, 9.17) is 11.6 Å². The van der Waals surface area contributed by atoms with Crippen molar-refractivity contribution in [1.82, 2.24) is 20.2 Å². The van der Waals surface area contributed by atoms with Gasteiger partial charge in [-0.3, -0.25) is 19.5 Å². The van der Waals surface area contributed by atoms with Crippen LogP contribution < -0.4 is 16.2 Å². The predicted molar refractivity (Wildman–Crippen MR) is 104 cm³/mol. The number of rotatable bonds is 6. The second-order valence-corrected chi connectivity index (χ2v) is 7.49. The summed E-state index contributed by atoms with van der Waals surface area (Å²) in [5.41, 5.74) is 0.319. The molecule has 2 N–H and O–H groups in total. The van der Waals surface area contributed by atoms with Crippen LogP contribution in [0.25, 0.3) is 10.9 Å². The number of nitrogens with zero attached hydrogens (tertiary/aromatic N) is 2. The van der Waals surface area contributed by atoms with Crippen LogP contribution >= 0.6 is 23.4 Å². The summed E-state index contributed by atoms with van der Waals surface area (Å²) in [7, 11) is 1.42. The Hall–Kier alpha value is -2.06. The summed E-state index contributed by atoms with van der Waals surface area (Å²) in [5.74, 6) is -0.0874. The second-order valence-electron chi connectivity index (χ2n) is 6.11. The third-order valence-corrected chi connectivity index (χ3v) is 4.84. The Morgan fingerprint density at radius 3 is 2.73 bits per heavy atom. The second kappa shape index (κ2) is 9.05. The Kier molecular flexibility index (Phi) is 7.05. The van der Waals surface area contributed by atoms with E-state index in [1.54, 1.807) is 22.8 Å². The van der Waals surface area contributed by atoms with Crippen molar-refractivity contribution < 1.29 is 9.59 Å². The van der Waals surface area contributed by atoms with E-state index in [9.17, 15) is 14.4 Å². The first-order chi connectivity index (χ1) is 12.3. The molecule has 0 aliphatic rings. The number of hydrogen-bond acceptors (Lipinski definition) is 5. The summed E-state index contributed by atoms with van der Waals surface area (Å²) in [6, 6.07) is 4.36. The first kappa shape index (κ1) is 20.3. The molecule has 0 saturated carbocycles. The number of aromatic nitrogens is 2. The highest BCUT2D eigenvalue weighted by Gasteiger charge is 2.15. The van der Waals surface area contributed by atoms with E-state index in [0.29, 0.717) is 33.5 Å². The minimum absolute atomic E-state index is 0.0341. The zero-order valence-corrected chi connectivity index (χ0v) is 16.4. The minimum Gasteiger partial charge on any atom is -0.341 e. The molecule has 1 aromatic heterocycles. The van der Waals surface area contributed by atoms with Crippen molar-refractivity contribution in [3.63, 3.8) is 0 Å². The van der Waals surface area contributed by atoms with Gasteiger partial charge in [-0.05, 0) is 30.5 Å². The van der Waals surface area contributed by atoms with Gasteiger partial charge in [0.1, 0.15) is 0 Å². The monoisotopic (exact) mass is 396 g/mol. The number of fused-ring (bicyclic) bond motifs is 1. The molecule has 2 aromatic rings. The van der Waals surface area contributed by atoms with Crippen molar-refractivity contribution in [2.24, 2.45) is 5.92 Å². The van der Waals surface area contributed by atoms with Gasteiger partial charge < -0.3 is 5.32 Å². The molecular formula is C17H21ClN4O3S. The fourth-order valence-electron chi connectivity index (χ4n) is 2.22. The number of imide groups is 1. The standard InChI is InChI=1S/C17H21ClN4O3S/c1-10(2)6-7-22-15(24)12-5-4-11(18)8-13(12)20-17(22)26-9-14(23)21-16(25)19-3/h4-5,8,10H,6-7,9H2,1-3H3,(H2,19,21,23,25). The summed E-state index contributed by atoms with van der Waals surface area (Å²) in [5, 5.41) is 5.89. The van der Waals surface area contributed by atoms with Gasteiger partial charge in [-0.25, -0.2) is 9.78 Å². The van der Waals surface area contributed by atoms with Gasteiger partial charge in [-0.15, -0.1) is 0 Å². The molecule has 0 atom stereocenters. The molecule has 9 heteroatoms. The number of thioether (sulfide) groups is 1. The van der Waals surface area contributed by atoms with E-state index >= 15 is 0 Å². The summed E-state index contributed by atoms with van der Waals surface area (Å²) in [6.07, 6.45) is 0.804. The maximum absolute atomic E-state index is 12.8. The molecule has 0 bridgehead atoms. The van der Waals surface area contributed by atoms with Crippen molar-refractivity contribution >= 4 is 46.2 Å². The molecule has 3 amide bonds. The van der Waals surface area contributed by atoms with Crippen LogP contribution in [0.4, 0.5) is 4.79 Å². The van der Waals surface area contributed by atoms with Crippen LogP contribution in [0.15, 0.2) is 28.2 Å². The topological polar surface area (TPSA) is 93.1 Å². The average molecular weight is 397 g/mol. The lowest BCUT2D eigenvalue weighted by molar-refractivity contribution is -0.117. The Morgan fingerprint density at radius 1 is 1.35 bits per heavy atom. The Balaban J connectivity index is 2.34. The lowest BCUT2D eigenvalue weighted by Gasteiger charge is -2.14. The molecule has 1 heterocycles. The molecule has 0 unspecified atom stereocenters. The van der Waals surface area contributed by atoms with Gasteiger partial charge in [0.05, 0.1) is 16.7 Å². The lowest BCUT2D eigenvalue weighted by atomic mass is 10.1. The summed E-state index contributed by atoms with van der Waals surface area (Å²) >= 11 is 7.11. The molecule has 26 heavy (non-hydrogen) atoms. The molecule has 140 valence electrons. The molecule has 0 aliphatic carbocycles. The number of amides is 3. The van der Waals surface area contributed by atoms with E-state index in [1.807, 2.05) is 0 Å². The van der Waals surface area contributed by atoms with Gasteiger partial charge in [0.25, 0.3) is 5.56 Å². The number of hydrogen-bond donors (Lipinski definition) is 2. The summed E-state index contributed by atoms with van der Waals surface area (Å²) < 4.78 is 1.58. The lowest BCUT2D eigenvalue weighted by Crippen LogP contribution is -2.38. The third-order valence-electron chi connectivity index (χ3n) is 3.62. The van der Waals surface area contributed by atoms with Gasteiger partial charge in [0.15, 0.2) is 5.16 Å². The van der Waals surface area contributed by atoms with Crippen molar-refractivity contribution in [3.8, 4) is 0 Å². The predicted octanol–water partition coefficient (Wildman–Crippen LogP) is 2.64. The molecule has 0 aliphatic heterocycles. The van der Waals surface area contributed by atoms with Crippen LogP contribution in [0.3, 0.4) is 0 Å². The van der Waals surface area contributed by atoms with Gasteiger partial charge in [0, 0.05) is 18.6 Å². The summed E-state index contributed by atoms with van der Waals surface area (Å²) in [4.78, 5) is 40.4. The molecular weight excluding hydrogens is 376 g/mol. The van der Waals surface area contributed by atoms with Crippen molar-refractivity contribution in [3.05, 3.63) is 33.6 Å². The van der Waals surface area contributed by atoms with Gasteiger partial charge in [0.2, 0.25) is 5.91 Å². The SMILES string of the molecule is CNC(=O)NC(=O)CSc1nc2cc(Cl)ccc2c(=O)n1CCC(C)C. The third kappa shape index (κ3) is 5.22. The smallest absolute Gasteiger partial charge is 0.321 e. The number of carbonyl (C=O) groups excluding carboxylic acids is 2. The van der Waals surface area contributed by atoms with Crippen LogP contribution in [-0.4, -0.2) is 34.3 Å². The minimum atomic E-state index is -0.578. The van der Waals surface area contributed by atoms with Gasteiger partial charge >= 0.3 is 6.03 Å². The molecule has 0 radical (unpaired) electrons. The Bertz CT molecular complexity index is 882. The first-order valence-electron chi connectivity index (χ1n) is 8.16. The molecule has 0 spiro atoms. The molecule has 2 rings (SSSR count). The average Bonchev–Trinajstić information content (AvgIpc) is 2.58. The van der Waals surface area contributed by atoms with E-state index in [1.165, 1.54) is 7.05 Å². The summed E-state index contributed by atoms with van der Waals surface area (Å²) in [6.45, 7) is 4.65. The van der Waals surface area contributed by atoms with Crippen LogP contribution in [0.1, 0.15) is 20.3 Å². The van der Waals surface area contributed by atoms with E-state index in [2.05, 4.69) is 29.5 Å². The Labute approximate surface area is 160 Å². The fraction of sp³-hybridized carbons (Fsp3) is 0.412. The van der Waals surface area contributed by atoms with Crippen molar-refractivity contribution in [2.75, 3.05) is 12.8 Å². The Morgan fingerprint density at radius 2 is 2.08 bits per heavy atom. The van der Waals surface area contributed by atoms with Crippen molar-refractivity contribution in [1.29, 1.82) is 0 Å². The largest absolute Gasteiger partial charge is 0.341 e. The number of benzene rings is 1. The van der Waals surface area contributed by atoms with E-state index in [-0.39, 0.29) is 11.3 Å². The molecule has 7 nitrogen and oxygen atoms in total. The number of halogens is 1. The fourth-order valence-corrected chi connectivity index (χ4v) is 3.22. The van der Waals surface area contributed by atoms with E-state index in [0.717, 1.165) is 18.2 Å². The van der Waals surface area contributed by atoms with Crippen LogP contribution in [0, 0.1) is 5.92 Å². The highest BCUT2D eigenvalue weighted by molar-refractivity contribution is 7.99. The number of carbonyl (C=O) groups is 2. The highest BCUT2D eigenvalue weighted by Crippen LogP contribution is 2.21. The maximum Gasteiger partial charge on any atom is 0.321 e. The first-order valence-corrected chi connectivity index (χ1v) is 9.52. The molecule has 1 aromatic carbocycles. The van der Waals surface area contributed by atoms with Gasteiger partial charge in [-0.2, -0.15) is 0 Å². The van der Waals surface area contributed by atoms with Crippen molar-refractivity contribution in [2.45, 2.75) is 32.0 Å². The normalized spacial score (nSPS) is 11.0. The zero-order chi connectivity index (χ0) is 19.3. The quantitative estimate of drug-likeness (QED) is 0.578. The number of urea groups is 1.